The molecule has 0 aliphatic carbocycles. The minimum Gasteiger partial charge on any atom is -0.508 e. The summed E-state index contributed by atoms with van der Waals surface area (Å²) >= 11 is 0. The third kappa shape index (κ3) is 4.24. The van der Waals surface area contributed by atoms with Crippen LogP contribution in [-0.2, 0) is 11.2 Å². The van der Waals surface area contributed by atoms with E-state index in [0.717, 1.165) is 31.5 Å². The summed E-state index contributed by atoms with van der Waals surface area (Å²) in [5, 5.41) is 15.5. The van der Waals surface area contributed by atoms with Gasteiger partial charge in [0, 0.05) is 13.1 Å². The van der Waals surface area contributed by atoms with Gasteiger partial charge in [-0.3, -0.25) is 4.79 Å². The molecule has 0 saturated carbocycles. The second-order valence-corrected chi connectivity index (χ2v) is 5.40. The third-order valence-corrected chi connectivity index (χ3v) is 3.59. The van der Waals surface area contributed by atoms with Gasteiger partial charge in [0.15, 0.2) is 0 Å². The Morgan fingerprint density at radius 2 is 2.11 bits per heavy atom. The van der Waals surface area contributed by atoms with Crippen LogP contribution in [0.2, 0.25) is 0 Å². The molecular formula is C15H22N2O2. The number of amides is 1. The molecule has 0 aromatic heterocycles. The van der Waals surface area contributed by atoms with Gasteiger partial charge in [0.1, 0.15) is 5.75 Å². The van der Waals surface area contributed by atoms with E-state index in [4.69, 9.17) is 0 Å². The summed E-state index contributed by atoms with van der Waals surface area (Å²) in [6.45, 7) is 4.62. The Morgan fingerprint density at radius 3 is 2.79 bits per heavy atom. The molecule has 19 heavy (non-hydrogen) atoms. The Balaban J connectivity index is 1.73. The number of rotatable bonds is 4. The number of carbonyl (C=O) groups is 1. The first-order chi connectivity index (χ1) is 9.15. The van der Waals surface area contributed by atoms with Crippen LogP contribution in [0.3, 0.4) is 0 Å². The van der Waals surface area contributed by atoms with Crippen LogP contribution in [0.1, 0.15) is 18.9 Å². The average Bonchev–Trinajstić information content (AvgIpc) is 2.41. The molecule has 2 rings (SSSR count). The Kier molecular flexibility index (Phi) is 4.80. The highest BCUT2D eigenvalue weighted by Gasteiger charge is 2.24. The minimum absolute atomic E-state index is 0.101. The van der Waals surface area contributed by atoms with Gasteiger partial charge in [-0.1, -0.05) is 19.1 Å². The summed E-state index contributed by atoms with van der Waals surface area (Å²) in [5.74, 6) is 1.10. The fraction of sp³-hybridized carbons (Fsp3) is 0.533. The summed E-state index contributed by atoms with van der Waals surface area (Å²) in [7, 11) is 0. The molecule has 0 bridgehead atoms. The lowest BCUT2D eigenvalue weighted by Crippen LogP contribution is -2.43. The molecule has 1 heterocycles. The molecule has 104 valence electrons. The molecule has 1 aliphatic rings. The first-order valence-corrected chi connectivity index (χ1v) is 6.91. The maximum atomic E-state index is 12.0. The van der Waals surface area contributed by atoms with Crippen LogP contribution in [-0.4, -0.2) is 30.6 Å². The normalized spacial score (nSPS) is 23.0. The lowest BCUT2D eigenvalue weighted by atomic mass is 9.91. The van der Waals surface area contributed by atoms with Crippen LogP contribution in [0.4, 0.5) is 0 Å². The maximum Gasteiger partial charge on any atom is 0.224 e. The molecule has 1 aromatic rings. The van der Waals surface area contributed by atoms with Gasteiger partial charge in [0.2, 0.25) is 5.91 Å². The van der Waals surface area contributed by atoms with Crippen molar-refractivity contribution in [1.82, 2.24) is 10.6 Å². The van der Waals surface area contributed by atoms with Gasteiger partial charge < -0.3 is 15.7 Å². The first kappa shape index (κ1) is 13.9. The number of phenolic OH excluding ortho intramolecular Hbond substituents is 1. The highest BCUT2D eigenvalue weighted by Crippen LogP contribution is 2.15. The fourth-order valence-corrected chi connectivity index (χ4v) is 2.49. The number of benzene rings is 1. The van der Waals surface area contributed by atoms with E-state index in [2.05, 4.69) is 17.6 Å². The second-order valence-electron chi connectivity index (χ2n) is 5.40. The Morgan fingerprint density at radius 1 is 1.37 bits per heavy atom. The second kappa shape index (κ2) is 6.57. The van der Waals surface area contributed by atoms with Gasteiger partial charge in [-0.25, -0.2) is 0 Å². The van der Waals surface area contributed by atoms with E-state index in [1.807, 2.05) is 12.1 Å². The van der Waals surface area contributed by atoms with Gasteiger partial charge in [0.05, 0.1) is 5.92 Å². The maximum absolute atomic E-state index is 12.0. The van der Waals surface area contributed by atoms with Gasteiger partial charge in [-0.2, -0.15) is 0 Å². The zero-order valence-corrected chi connectivity index (χ0v) is 11.4. The molecule has 2 atom stereocenters. The monoisotopic (exact) mass is 262 g/mol. The summed E-state index contributed by atoms with van der Waals surface area (Å²) in [6.07, 6.45) is 1.76. The standard InChI is InChI=1S/C15H22N2O2/c1-11-8-13(10-16-9-11)15(19)17-7-6-12-2-4-14(18)5-3-12/h2-5,11,13,16,18H,6-10H2,1H3,(H,17,19). The molecule has 1 aliphatic heterocycles. The van der Waals surface area contributed by atoms with Crippen LogP contribution in [0.15, 0.2) is 24.3 Å². The van der Waals surface area contributed by atoms with Gasteiger partial charge in [-0.15, -0.1) is 0 Å². The van der Waals surface area contributed by atoms with Crippen molar-refractivity contribution in [3.05, 3.63) is 29.8 Å². The van der Waals surface area contributed by atoms with E-state index >= 15 is 0 Å². The van der Waals surface area contributed by atoms with Crippen molar-refractivity contribution in [3.63, 3.8) is 0 Å². The summed E-state index contributed by atoms with van der Waals surface area (Å²) in [5.41, 5.74) is 1.12. The molecular weight excluding hydrogens is 240 g/mol. The lowest BCUT2D eigenvalue weighted by Gasteiger charge is -2.26. The average molecular weight is 262 g/mol. The molecule has 1 aromatic carbocycles. The zero-order valence-electron chi connectivity index (χ0n) is 11.4. The van der Waals surface area contributed by atoms with Crippen molar-refractivity contribution < 1.29 is 9.90 Å². The quantitative estimate of drug-likeness (QED) is 0.766. The number of hydrogen-bond donors (Lipinski definition) is 3. The van der Waals surface area contributed by atoms with Crippen molar-refractivity contribution in [1.29, 1.82) is 0 Å². The number of phenols is 1. The number of aromatic hydroxyl groups is 1. The molecule has 1 amide bonds. The largest absolute Gasteiger partial charge is 0.508 e. The SMILES string of the molecule is CC1CNCC(C(=O)NCCc2ccc(O)cc2)C1. The van der Waals surface area contributed by atoms with Crippen LogP contribution in [0.5, 0.6) is 5.75 Å². The van der Waals surface area contributed by atoms with E-state index in [-0.39, 0.29) is 17.6 Å². The highest BCUT2D eigenvalue weighted by molar-refractivity contribution is 5.79. The molecule has 3 N–H and O–H groups in total. The summed E-state index contributed by atoms with van der Waals surface area (Å²) < 4.78 is 0. The summed E-state index contributed by atoms with van der Waals surface area (Å²) in [6, 6.07) is 7.10. The van der Waals surface area contributed by atoms with Crippen molar-refractivity contribution in [3.8, 4) is 5.75 Å². The van der Waals surface area contributed by atoms with Gasteiger partial charge >= 0.3 is 0 Å². The molecule has 4 heteroatoms. The molecule has 0 radical (unpaired) electrons. The van der Waals surface area contributed by atoms with Crippen LogP contribution < -0.4 is 10.6 Å². The molecule has 0 spiro atoms. The van der Waals surface area contributed by atoms with E-state index < -0.39 is 0 Å². The van der Waals surface area contributed by atoms with Crippen LogP contribution in [0, 0.1) is 11.8 Å². The Labute approximate surface area is 114 Å². The molecule has 1 fully saturated rings. The Bertz CT molecular complexity index is 417. The number of piperidine rings is 1. The highest BCUT2D eigenvalue weighted by atomic mass is 16.3. The molecule has 4 nitrogen and oxygen atoms in total. The fourth-order valence-electron chi connectivity index (χ4n) is 2.49. The molecule has 1 saturated heterocycles. The molecule has 2 unspecified atom stereocenters. The predicted octanol–water partition coefficient (Wildman–Crippen LogP) is 1.30. The van der Waals surface area contributed by atoms with E-state index in [1.54, 1.807) is 12.1 Å². The van der Waals surface area contributed by atoms with E-state index in [9.17, 15) is 9.90 Å². The smallest absolute Gasteiger partial charge is 0.224 e. The van der Waals surface area contributed by atoms with Crippen LogP contribution in [0.25, 0.3) is 0 Å². The predicted molar refractivity (Wildman–Crippen MR) is 75.0 cm³/mol. The zero-order chi connectivity index (χ0) is 13.7. The Hall–Kier alpha value is -1.55. The van der Waals surface area contributed by atoms with Crippen molar-refractivity contribution in [2.75, 3.05) is 19.6 Å². The van der Waals surface area contributed by atoms with Crippen molar-refractivity contribution in [2.24, 2.45) is 11.8 Å². The number of hydrogen-bond acceptors (Lipinski definition) is 3. The van der Waals surface area contributed by atoms with E-state index in [0.29, 0.717) is 12.5 Å². The van der Waals surface area contributed by atoms with Crippen LogP contribution >= 0.6 is 0 Å². The minimum atomic E-state index is 0.101. The lowest BCUT2D eigenvalue weighted by molar-refractivity contribution is -0.125. The first-order valence-electron chi connectivity index (χ1n) is 6.91. The van der Waals surface area contributed by atoms with Gasteiger partial charge in [0.25, 0.3) is 0 Å². The topological polar surface area (TPSA) is 61.4 Å². The van der Waals surface area contributed by atoms with Crippen molar-refractivity contribution >= 4 is 5.91 Å². The van der Waals surface area contributed by atoms with E-state index in [1.165, 1.54) is 0 Å². The summed E-state index contributed by atoms with van der Waals surface area (Å²) in [4.78, 5) is 12.0. The number of nitrogens with one attached hydrogen (secondary N) is 2. The van der Waals surface area contributed by atoms with Crippen molar-refractivity contribution in [2.45, 2.75) is 19.8 Å². The number of carbonyl (C=O) groups excluding carboxylic acids is 1. The third-order valence-electron chi connectivity index (χ3n) is 3.59. The van der Waals surface area contributed by atoms with Gasteiger partial charge in [-0.05, 0) is 43.0 Å².